The molecule has 136 valence electrons. The maximum absolute atomic E-state index is 14.4. The lowest BCUT2D eigenvalue weighted by atomic mass is 10.1. The normalized spacial score (nSPS) is 15.9. The summed E-state index contributed by atoms with van der Waals surface area (Å²) in [6.45, 7) is 1.24. The monoisotopic (exact) mass is 357 g/mol. The van der Waals surface area contributed by atoms with Crippen molar-refractivity contribution in [1.29, 1.82) is 0 Å². The fourth-order valence-electron chi connectivity index (χ4n) is 2.81. The van der Waals surface area contributed by atoms with E-state index in [1.807, 2.05) is 6.07 Å². The van der Waals surface area contributed by atoms with Gasteiger partial charge in [-0.3, -0.25) is 4.98 Å². The Morgan fingerprint density at radius 2 is 2.27 bits per heavy atom. The van der Waals surface area contributed by atoms with Gasteiger partial charge in [0.05, 0.1) is 31.2 Å². The van der Waals surface area contributed by atoms with Gasteiger partial charge in [-0.15, -0.1) is 0 Å². The quantitative estimate of drug-likeness (QED) is 0.862. The second-order valence-electron chi connectivity index (χ2n) is 6.49. The molecule has 2 amide bonds. The van der Waals surface area contributed by atoms with E-state index in [2.05, 4.69) is 15.6 Å². The van der Waals surface area contributed by atoms with Gasteiger partial charge in [-0.25, -0.2) is 9.18 Å². The fraction of sp³-hybridized carbons (Fsp3) is 0.368. The average molecular weight is 357 g/mol. The van der Waals surface area contributed by atoms with Crippen LogP contribution < -0.4 is 15.4 Å². The Morgan fingerprint density at radius 3 is 3.12 bits per heavy atom. The van der Waals surface area contributed by atoms with Crippen LogP contribution >= 0.6 is 0 Å². The lowest BCUT2D eigenvalue weighted by molar-refractivity contribution is 0.109. The van der Waals surface area contributed by atoms with Crippen molar-refractivity contribution < 1.29 is 18.7 Å². The van der Waals surface area contributed by atoms with Crippen molar-refractivity contribution in [1.82, 2.24) is 10.3 Å². The van der Waals surface area contributed by atoms with Gasteiger partial charge in [0.1, 0.15) is 0 Å². The van der Waals surface area contributed by atoms with Crippen LogP contribution in [-0.4, -0.2) is 23.7 Å². The predicted octanol–water partition coefficient (Wildman–Crippen LogP) is 3.16. The molecule has 2 heterocycles. The lowest BCUT2D eigenvalue weighted by Crippen LogP contribution is -2.29. The number of nitrogens with zero attached hydrogens (tertiary/aromatic N) is 1. The number of aromatic nitrogens is 1. The number of carbonyl (C=O) groups is 1. The Morgan fingerprint density at radius 1 is 1.38 bits per heavy atom. The van der Waals surface area contributed by atoms with E-state index < -0.39 is 11.8 Å². The summed E-state index contributed by atoms with van der Waals surface area (Å²) in [6, 6.07) is 6.40. The van der Waals surface area contributed by atoms with Gasteiger partial charge >= 0.3 is 6.03 Å². The van der Waals surface area contributed by atoms with Gasteiger partial charge in [0, 0.05) is 29.8 Å². The van der Waals surface area contributed by atoms with Gasteiger partial charge < -0.3 is 20.1 Å². The largest absolute Gasteiger partial charge is 0.487 e. The van der Waals surface area contributed by atoms with Gasteiger partial charge in [0.2, 0.25) is 0 Å². The Bertz CT molecular complexity index is 824. The third-order valence-corrected chi connectivity index (χ3v) is 4.36. The van der Waals surface area contributed by atoms with Gasteiger partial charge in [0.15, 0.2) is 11.6 Å². The fourth-order valence-corrected chi connectivity index (χ4v) is 2.81. The molecule has 1 aliphatic heterocycles. The number of amides is 2. The zero-order valence-corrected chi connectivity index (χ0v) is 14.3. The lowest BCUT2D eigenvalue weighted by Gasteiger charge is -2.16. The zero-order chi connectivity index (χ0) is 17.9. The number of urea groups is 1. The highest BCUT2D eigenvalue weighted by Crippen LogP contribution is 2.29. The van der Waals surface area contributed by atoms with Crippen LogP contribution in [0.3, 0.4) is 0 Å². The molecule has 6 nitrogen and oxygen atoms in total. The number of rotatable bonds is 5. The molecule has 7 heteroatoms. The van der Waals surface area contributed by atoms with E-state index in [-0.39, 0.29) is 18.4 Å². The summed E-state index contributed by atoms with van der Waals surface area (Å²) in [7, 11) is 0. The van der Waals surface area contributed by atoms with E-state index in [0.29, 0.717) is 24.5 Å². The number of benzene rings is 1. The summed E-state index contributed by atoms with van der Waals surface area (Å²) in [5.74, 6) is -0.182. The van der Waals surface area contributed by atoms with Gasteiger partial charge in [-0.1, -0.05) is 12.1 Å². The molecule has 0 radical (unpaired) electrons. The number of fused-ring (bicyclic) bond motifs is 1. The molecule has 2 aliphatic rings. The molecule has 1 aliphatic carbocycles. The molecule has 0 atom stereocenters. The summed E-state index contributed by atoms with van der Waals surface area (Å²) < 4.78 is 25.3. The van der Waals surface area contributed by atoms with E-state index in [1.165, 1.54) is 0 Å². The topological polar surface area (TPSA) is 72.5 Å². The smallest absolute Gasteiger partial charge is 0.319 e. The molecule has 1 fully saturated rings. The van der Waals surface area contributed by atoms with Crippen molar-refractivity contribution in [3.05, 3.63) is 53.1 Å². The van der Waals surface area contributed by atoms with Crippen molar-refractivity contribution >= 4 is 11.7 Å². The van der Waals surface area contributed by atoms with Gasteiger partial charge in [-0.2, -0.15) is 0 Å². The molecular formula is C19H20FN3O3. The van der Waals surface area contributed by atoms with Crippen molar-refractivity contribution in [2.45, 2.75) is 38.5 Å². The molecule has 1 aromatic carbocycles. The number of pyridine rings is 1. The van der Waals surface area contributed by atoms with E-state index in [0.717, 1.165) is 30.5 Å². The molecule has 2 aromatic rings. The van der Waals surface area contributed by atoms with Crippen LogP contribution in [0.1, 0.15) is 29.7 Å². The second-order valence-corrected chi connectivity index (χ2v) is 6.49. The van der Waals surface area contributed by atoms with Crippen LogP contribution in [0.2, 0.25) is 0 Å². The Kier molecular flexibility index (Phi) is 4.71. The number of hydrogen-bond acceptors (Lipinski definition) is 4. The maximum atomic E-state index is 14.4. The van der Waals surface area contributed by atoms with Crippen LogP contribution in [0.25, 0.3) is 0 Å². The number of carbonyl (C=O) groups excluding carboxylic acids is 1. The summed E-state index contributed by atoms with van der Waals surface area (Å²) in [6.07, 6.45) is 4.44. The van der Waals surface area contributed by atoms with Gasteiger partial charge in [0.25, 0.3) is 0 Å². The molecule has 4 rings (SSSR count). The summed E-state index contributed by atoms with van der Waals surface area (Å²) >= 11 is 0. The highest BCUT2D eigenvalue weighted by molar-refractivity contribution is 5.89. The number of halogens is 1. The van der Waals surface area contributed by atoms with Crippen molar-refractivity contribution in [2.24, 2.45) is 0 Å². The third-order valence-electron chi connectivity index (χ3n) is 4.36. The third kappa shape index (κ3) is 3.94. The van der Waals surface area contributed by atoms with Crippen molar-refractivity contribution in [2.75, 3.05) is 11.9 Å². The minimum atomic E-state index is -0.424. The minimum Gasteiger partial charge on any atom is -0.487 e. The van der Waals surface area contributed by atoms with Crippen LogP contribution in [0.15, 0.2) is 30.5 Å². The Hall–Kier alpha value is -2.67. The molecule has 0 spiro atoms. The molecule has 0 bridgehead atoms. The summed E-state index contributed by atoms with van der Waals surface area (Å²) in [5.41, 5.74) is 2.94. The maximum Gasteiger partial charge on any atom is 0.319 e. The Labute approximate surface area is 150 Å². The van der Waals surface area contributed by atoms with E-state index in [9.17, 15) is 9.18 Å². The first-order valence-corrected chi connectivity index (χ1v) is 8.73. The van der Waals surface area contributed by atoms with E-state index >= 15 is 0 Å². The van der Waals surface area contributed by atoms with E-state index in [1.54, 1.807) is 24.4 Å². The molecule has 1 aromatic heterocycles. The first-order chi connectivity index (χ1) is 12.7. The molecular weight excluding hydrogens is 337 g/mol. The number of nitrogens with one attached hydrogen (secondary N) is 2. The SMILES string of the molecule is O=C(NCc1cccc(OC2CC2)c1F)Nc1cnc2c(c1)COCC2. The number of anilines is 1. The molecule has 1 saturated carbocycles. The molecule has 26 heavy (non-hydrogen) atoms. The second kappa shape index (κ2) is 7.29. The molecule has 0 unspecified atom stereocenters. The summed E-state index contributed by atoms with van der Waals surface area (Å²) in [5, 5.41) is 5.38. The van der Waals surface area contributed by atoms with Crippen LogP contribution in [0.4, 0.5) is 14.9 Å². The Balaban J connectivity index is 1.35. The van der Waals surface area contributed by atoms with Crippen LogP contribution in [-0.2, 0) is 24.3 Å². The van der Waals surface area contributed by atoms with Crippen molar-refractivity contribution in [3.8, 4) is 5.75 Å². The minimum absolute atomic E-state index is 0.0705. The number of ether oxygens (including phenoxy) is 2. The van der Waals surface area contributed by atoms with Crippen LogP contribution in [0.5, 0.6) is 5.75 Å². The molecule has 0 saturated heterocycles. The van der Waals surface area contributed by atoms with E-state index in [4.69, 9.17) is 9.47 Å². The standard InChI is InChI=1S/C19H20FN3O3/c20-18-12(2-1-3-17(18)26-15-4-5-15)9-22-19(24)23-14-8-13-11-25-7-6-16(13)21-10-14/h1-3,8,10,15H,4-7,9,11H2,(H2,22,23,24). The summed E-state index contributed by atoms with van der Waals surface area (Å²) in [4.78, 5) is 16.5. The number of hydrogen-bond donors (Lipinski definition) is 2. The first-order valence-electron chi connectivity index (χ1n) is 8.73. The predicted molar refractivity (Wildman–Crippen MR) is 93.5 cm³/mol. The van der Waals surface area contributed by atoms with Crippen LogP contribution in [0, 0.1) is 5.82 Å². The van der Waals surface area contributed by atoms with Crippen molar-refractivity contribution in [3.63, 3.8) is 0 Å². The first kappa shape index (κ1) is 16.8. The highest BCUT2D eigenvalue weighted by Gasteiger charge is 2.25. The molecule has 2 N–H and O–H groups in total. The average Bonchev–Trinajstić information content (AvgIpc) is 3.46. The van der Waals surface area contributed by atoms with Gasteiger partial charge in [-0.05, 0) is 25.0 Å². The zero-order valence-electron chi connectivity index (χ0n) is 14.3. The highest BCUT2D eigenvalue weighted by atomic mass is 19.1.